The molecule has 0 aromatic heterocycles. The van der Waals surface area contributed by atoms with Crippen LogP contribution in [0, 0.1) is 0 Å². The zero-order valence-electron chi connectivity index (χ0n) is 16.2. The Bertz CT molecular complexity index is 788. The average Bonchev–Trinajstić information content (AvgIpc) is 3.09. The second-order valence-electron chi connectivity index (χ2n) is 7.10. The maximum atomic E-state index is 9.93. The van der Waals surface area contributed by atoms with Crippen molar-refractivity contribution in [1.82, 2.24) is 0 Å². The zero-order valence-corrected chi connectivity index (χ0v) is 16.2. The Balaban J connectivity index is 1.72. The fourth-order valence-electron chi connectivity index (χ4n) is 3.33. The maximum absolute atomic E-state index is 9.93. The Hall–Kier alpha value is -2.62. The maximum Gasteiger partial charge on any atom is 0.201 e. The van der Waals surface area contributed by atoms with Crippen molar-refractivity contribution in [3.8, 4) is 17.2 Å². The lowest BCUT2D eigenvalue weighted by Gasteiger charge is -2.24. The van der Waals surface area contributed by atoms with Crippen LogP contribution in [-0.4, -0.2) is 23.3 Å². The second-order valence-corrected chi connectivity index (χ2v) is 7.10. The second kappa shape index (κ2) is 8.85. The molecule has 2 aromatic carbocycles. The molecule has 4 nitrogen and oxygen atoms in total. The van der Waals surface area contributed by atoms with E-state index in [-0.39, 0.29) is 11.5 Å². The van der Waals surface area contributed by atoms with Gasteiger partial charge in [-0.05, 0) is 42.7 Å². The van der Waals surface area contributed by atoms with Crippen molar-refractivity contribution in [2.45, 2.75) is 46.0 Å². The number of hydrogen-bond acceptors (Lipinski definition) is 4. The van der Waals surface area contributed by atoms with E-state index in [1.54, 1.807) is 6.07 Å². The number of phenols is 2. The molecule has 0 unspecified atom stereocenters. The highest BCUT2D eigenvalue weighted by molar-refractivity contribution is 5.63. The number of fused-ring (bicyclic) bond motifs is 1. The van der Waals surface area contributed by atoms with E-state index in [0.29, 0.717) is 12.2 Å². The van der Waals surface area contributed by atoms with Gasteiger partial charge >= 0.3 is 0 Å². The summed E-state index contributed by atoms with van der Waals surface area (Å²) in [5, 5.41) is 19.5. The molecule has 27 heavy (non-hydrogen) atoms. The van der Waals surface area contributed by atoms with Crippen molar-refractivity contribution in [3.05, 3.63) is 53.3 Å². The van der Waals surface area contributed by atoms with Crippen LogP contribution in [0.4, 0.5) is 5.69 Å². The zero-order chi connectivity index (χ0) is 19.2. The molecule has 0 bridgehead atoms. The lowest BCUT2D eigenvalue weighted by atomic mass is 10.1. The summed E-state index contributed by atoms with van der Waals surface area (Å²) in [5.74, 6) is 0.794. The van der Waals surface area contributed by atoms with Gasteiger partial charge in [-0.15, -0.1) is 0 Å². The van der Waals surface area contributed by atoms with Crippen LogP contribution in [0.3, 0.4) is 0 Å². The molecule has 1 aliphatic heterocycles. The Morgan fingerprint density at radius 2 is 1.63 bits per heavy atom. The standard InChI is InChI=1S/C23H29NO3/c1-3-5-13-24(14-6-4-2)19-10-7-17(8-11-19)15-20-16-18-9-12-21(25)22(26)23(18)27-20/h7-12,15,25-26H,3-6,13-14,16H2,1-2H3. The Labute approximate surface area is 161 Å². The molecule has 0 atom stereocenters. The van der Waals surface area contributed by atoms with E-state index in [0.717, 1.165) is 30.0 Å². The summed E-state index contributed by atoms with van der Waals surface area (Å²) >= 11 is 0. The number of benzene rings is 2. The normalized spacial score (nSPS) is 14.2. The number of ether oxygens (including phenoxy) is 1. The summed E-state index contributed by atoms with van der Waals surface area (Å²) in [7, 11) is 0. The number of rotatable bonds is 8. The van der Waals surface area contributed by atoms with E-state index >= 15 is 0 Å². The number of allylic oxidation sites excluding steroid dienone is 1. The highest BCUT2D eigenvalue weighted by Crippen LogP contribution is 2.44. The molecule has 1 aliphatic rings. The highest BCUT2D eigenvalue weighted by atomic mass is 16.5. The van der Waals surface area contributed by atoms with Crippen LogP contribution in [0.15, 0.2) is 42.2 Å². The number of unbranched alkanes of at least 4 members (excludes halogenated alkanes) is 2. The highest BCUT2D eigenvalue weighted by Gasteiger charge is 2.23. The Morgan fingerprint density at radius 1 is 0.963 bits per heavy atom. The Kier molecular flexibility index (Phi) is 6.28. The molecule has 0 saturated carbocycles. The molecule has 0 amide bonds. The van der Waals surface area contributed by atoms with Crippen molar-refractivity contribution in [1.29, 1.82) is 0 Å². The molecule has 0 aliphatic carbocycles. The van der Waals surface area contributed by atoms with E-state index < -0.39 is 0 Å². The molecule has 2 N–H and O–H groups in total. The fraction of sp³-hybridized carbons (Fsp3) is 0.391. The quantitative estimate of drug-likeness (QED) is 0.607. The van der Waals surface area contributed by atoms with Crippen molar-refractivity contribution < 1.29 is 14.9 Å². The number of hydrogen-bond donors (Lipinski definition) is 2. The molecule has 0 saturated heterocycles. The van der Waals surface area contributed by atoms with Gasteiger partial charge in [-0.1, -0.05) is 44.9 Å². The predicted molar refractivity (Wildman–Crippen MR) is 111 cm³/mol. The summed E-state index contributed by atoms with van der Waals surface area (Å²) in [6.45, 7) is 6.64. The fourth-order valence-corrected chi connectivity index (χ4v) is 3.33. The molecule has 0 fully saturated rings. The third-order valence-corrected chi connectivity index (χ3v) is 4.94. The van der Waals surface area contributed by atoms with E-state index in [1.807, 2.05) is 6.08 Å². The van der Waals surface area contributed by atoms with E-state index in [4.69, 9.17) is 4.74 Å². The van der Waals surface area contributed by atoms with Gasteiger partial charge in [-0.2, -0.15) is 0 Å². The molecule has 144 valence electrons. The minimum absolute atomic E-state index is 0.154. The number of nitrogens with zero attached hydrogens (tertiary/aromatic N) is 1. The first-order valence-corrected chi connectivity index (χ1v) is 9.89. The van der Waals surface area contributed by atoms with Gasteiger partial charge in [0.25, 0.3) is 0 Å². The van der Waals surface area contributed by atoms with Crippen molar-refractivity contribution in [3.63, 3.8) is 0 Å². The van der Waals surface area contributed by atoms with Crippen molar-refractivity contribution in [2.75, 3.05) is 18.0 Å². The molecule has 0 spiro atoms. The van der Waals surface area contributed by atoms with E-state index in [2.05, 4.69) is 43.0 Å². The predicted octanol–water partition coefficient (Wildman–Crippen LogP) is 5.48. The van der Waals surface area contributed by atoms with Gasteiger partial charge in [-0.3, -0.25) is 0 Å². The summed E-state index contributed by atoms with van der Waals surface area (Å²) in [6.07, 6.45) is 7.42. The number of anilines is 1. The van der Waals surface area contributed by atoms with Crippen LogP contribution in [-0.2, 0) is 6.42 Å². The lowest BCUT2D eigenvalue weighted by Crippen LogP contribution is -2.25. The third-order valence-electron chi connectivity index (χ3n) is 4.94. The smallest absolute Gasteiger partial charge is 0.201 e. The van der Waals surface area contributed by atoms with Gasteiger partial charge in [0.2, 0.25) is 5.75 Å². The minimum Gasteiger partial charge on any atom is -0.504 e. The van der Waals surface area contributed by atoms with Gasteiger partial charge in [0.15, 0.2) is 11.5 Å². The van der Waals surface area contributed by atoms with Crippen LogP contribution in [0.2, 0.25) is 0 Å². The average molecular weight is 367 g/mol. The lowest BCUT2D eigenvalue weighted by molar-refractivity contribution is 0.368. The van der Waals surface area contributed by atoms with Crippen molar-refractivity contribution in [2.24, 2.45) is 0 Å². The monoisotopic (exact) mass is 367 g/mol. The van der Waals surface area contributed by atoms with Gasteiger partial charge in [-0.25, -0.2) is 0 Å². The van der Waals surface area contributed by atoms with Crippen molar-refractivity contribution >= 4 is 11.8 Å². The van der Waals surface area contributed by atoms with Crippen LogP contribution >= 0.6 is 0 Å². The minimum atomic E-state index is -0.186. The number of phenolic OH excluding ortho intramolecular Hbond substituents is 2. The van der Waals surface area contributed by atoms with E-state index in [1.165, 1.54) is 37.4 Å². The van der Waals surface area contributed by atoms with Gasteiger partial charge < -0.3 is 19.8 Å². The molecule has 0 radical (unpaired) electrons. The van der Waals surface area contributed by atoms with Gasteiger partial charge in [0.1, 0.15) is 5.76 Å². The molecule has 1 heterocycles. The summed E-state index contributed by atoms with van der Waals surface area (Å²) in [6, 6.07) is 11.8. The first kappa shape index (κ1) is 19.2. The van der Waals surface area contributed by atoms with E-state index in [9.17, 15) is 10.2 Å². The van der Waals surface area contributed by atoms with Crippen LogP contribution < -0.4 is 9.64 Å². The largest absolute Gasteiger partial charge is 0.504 e. The SMILES string of the molecule is CCCCN(CCCC)c1ccc(C=C2Cc3ccc(O)c(O)c3O2)cc1. The summed E-state index contributed by atoms with van der Waals surface area (Å²) in [4.78, 5) is 2.46. The molecular formula is C23H29NO3. The van der Waals surface area contributed by atoms with Gasteiger partial charge in [0, 0.05) is 30.8 Å². The summed E-state index contributed by atoms with van der Waals surface area (Å²) in [5.41, 5.74) is 3.21. The number of aromatic hydroxyl groups is 2. The Morgan fingerprint density at radius 3 is 2.26 bits per heavy atom. The molecular weight excluding hydrogens is 338 g/mol. The molecule has 3 rings (SSSR count). The molecule has 4 heteroatoms. The third kappa shape index (κ3) is 4.57. The van der Waals surface area contributed by atoms with Gasteiger partial charge in [0.05, 0.1) is 0 Å². The van der Waals surface area contributed by atoms with Crippen LogP contribution in [0.25, 0.3) is 6.08 Å². The molecule has 2 aromatic rings. The first-order valence-electron chi connectivity index (χ1n) is 9.89. The first-order chi connectivity index (χ1) is 13.1. The summed E-state index contributed by atoms with van der Waals surface area (Å²) < 4.78 is 5.75. The topological polar surface area (TPSA) is 52.9 Å². The van der Waals surface area contributed by atoms with Crippen LogP contribution in [0.5, 0.6) is 17.2 Å². The van der Waals surface area contributed by atoms with Crippen LogP contribution in [0.1, 0.15) is 50.7 Å².